The summed E-state index contributed by atoms with van der Waals surface area (Å²) in [5.41, 5.74) is 0.676. The maximum absolute atomic E-state index is 11.8. The van der Waals surface area contributed by atoms with E-state index in [-0.39, 0.29) is 6.61 Å². The Labute approximate surface area is 179 Å². The lowest BCUT2D eigenvalue weighted by Crippen LogP contribution is -2.62. The van der Waals surface area contributed by atoms with E-state index in [1.165, 1.54) is 13.8 Å². The molecule has 1 aromatic rings. The molecular weight excluding hydrogens is 408 g/mol. The lowest BCUT2D eigenvalue weighted by Gasteiger charge is -2.42. The molecule has 1 aliphatic heterocycles. The van der Waals surface area contributed by atoms with E-state index in [1.54, 1.807) is 24.3 Å². The molecule has 9 heteroatoms. The number of hydrogen-bond acceptors (Lipinski definition) is 9. The number of rotatable bonds is 5. The van der Waals surface area contributed by atoms with Gasteiger partial charge in [0.15, 0.2) is 24.4 Å². The lowest BCUT2D eigenvalue weighted by molar-refractivity contribution is -0.242. The van der Waals surface area contributed by atoms with Crippen molar-refractivity contribution in [3.8, 4) is 11.8 Å². The van der Waals surface area contributed by atoms with Crippen LogP contribution in [0.3, 0.4) is 0 Å². The average molecular weight is 432 g/mol. The summed E-state index contributed by atoms with van der Waals surface area (Å²) >= 11 is 0. The van der Waals surface area contributed by atoms with Crippen LogP contribution in [0, 0.1) is 11.8 Å². The second-order valence-electron chi connectivity index (χ2n) is 6.76. The molecule has 0 aromatic heterocycles. The first-order valence-electron chi connectivity index (χ1n) is 9.54. The van der Waals surface area contributed by atoms with Crippen LogP contribution in [0.2, 0.25) is 0 Å². The molecule has 1 saturated heterocycles. The Balaban J connectivity index is 2.46. The molecule has 0 aliphatic carbocycles. The van der Waals surface area contributed by atoms with E-state index in [4.69, 9.17) is 23.7 Å². The van der Waals surface area contributed by atoms with Crippen LogP contribution in [-0.2, 0) is 42.9 Å². The Kier molecular flexibility index (Phi) is 8.58. The van der Waals surface area contributed by atoms with Gasteiger partial charge in [0, 0.05) is 33.3 Å². The van der Waals surface area contributed by atoms with Crippen molar-refractivity contribution in [2.24, 2.45) is 0 Å². The monoisotopic (exact) mass is 432 g/mol. The van der Waals surface area contributed by atoms with Gasteiger partial charge in [-0.1, -0.05) is 30.0 Å². The summed E-state index contributed by atoms with van der Waals surface area (Å²) in [6.07, 6.45) is -5.68. The third-order valence-corrected chi connectivity index (χ3v) is 4.12. The van der Waals surface area contributed by atoms with Crippen molar-refractivity contribution in [1.29, 1.82) is 0 Å². The fourth-order valence-electron chi connectivity index (χ4n) is 3.02. The Morgan fingerprint density at radius 3 is 1.90 bits per heavy atom. The maximum Gasteiger partial charge on any atom is 0.303 e. The van der Waals surface area contributed by atoms with Crippen LogP contribution < -0.4 is 0 Å². The minimum absolute atomic E-state index is 0.290. The summed E-state index contributed by atoms with van der Waals surface area (Å²) in [4.78, 5) is 46.5. The molecule has 1 fully saturated rings. The van der Waals surface area contributed by atoms with E-state index in [0.717, 1.165) is 13.8 Å². The number of benzene rings is 1. The lowest BCUT2D eigenvalue weighted by atomic mass is 9.94. The van der Waals surface area contributed by atoms with Crippen LogP contribution >= 0.6 is 0 Å². The first kappa shape index (κ1) is 23.9. The fourth-order valence-corrected chi connectivity index (χ4v) is 3.02. The number of hydrogen-bond donors (Lipinski definition) is 0. The maximum atomic E-state index is 11.8. The summed E-state index contributed by atoms with van der Waals surface area (Å²) in [7, 11) is 0. The van der Waals surface area contributed by atoms with Crippen LogP contribution in [0.25, 0.3) is 0 Å². The van der Waals surface area contributed by atoms with Gasteiger partial charge in [-0.2, -0.15) is 0 Å². The van der Waals surface area contributed by atoms with Crippen molar-refractivity contribution >= 4 is 23.9 Å². The van der Waals surface area contributed by atoms with Gasteiger partial charge >= 0.3 is 23.9 Å². The largest absolute Gasteiger partial charge is 0.463 e. The highest BCUT2D eigenvalue weighted by atomic mass is 16.7. The minimum Gasteiger partial charge on any atom is -0.463 e. The Morgan fingerprint density at radius 2 is 1.35 bits per heavy atom. The molecule has 2 rings (SSSR count). The van der Waals surface area contributed by atoms with E-state index < -0.39 is 54.4 Å². The van der Waals surface area contributed by atoms with Crippen LogP contribution in [0.15, 0.2) is 30.3 Å². The predicted octanol–water partition coefficient (Wildman–Crippen LogP) is 1.16. The summed E-state index contributed by atoms with van der Waals surface area (Å²) in [5.74, 6) is 3.15. The molecule has 0 radical (unpaired) electrons. The van der Waals surface area contributed by atoms with Gasteiger partial charge in [0.1, 0.15) is 12.7 Å². The highest BCUT2D eigenvalue weighted by molar-refractivity contribution is 5.69. The summed E-state index contributed by atoms with van der Waals surface area (Å²) in [6, 6.07) is 8.99. The molecule has 0 saturated carbocycles. The number of esters is 4. The quantitative estimate of drug-likeness (QED) is 0.384. The van der Waals surface area contributed by atoms with E-state index in [0.29, 0.717) is 5.56 Å². The van der Waals surface area contributed by atoms with Gasteiger partial charge in [0.05, 0.1) is 0 Å². The second kappa shape index (κ2) is 11.1. The zero-order valence-electron chi connectivity index (χ0n) is 17.7. The zero-order valence-corrected chi connectivity index (χ0v) is 17.7. The van der Waals surface area contributed by atoms with Gasteiger partial charge < -0.3 is 23.7 Å². The number of carbonyl (C=O) groups excluding carboxylic acids is 4. The molecule has 0 spiro atoms. The molecule has 166 valence electrons. The van der Waals surface area contributed by atoms with Gasteiger partial charge in [-0.05, 0) is 12.1 Å². The number of carbonyl (C=O) groups is 4. The Hall–Kier alpha value is -3.38. The van der Waals surface area contributed by atoms with Crippen LogP contribution in [0.1, 0.15) is 33.3 Å². The summed E-state index contributed by atoms with van der Waals surface area (Å²) in [5, 5.41) is 0. The molecule has 5 atom stereocenters. The third kappa shape index (κ3) is 7.42. The first-order chi connectivity index (χ1) is 14.7. The van der Waals surface area contributed by atoms with Gasteiger partial charge in [0.25, 0.3) is 0 Å². The molecule has 0 unspecified atom stereocenters. The van der Waals surface area contributed by atoms with Crippen molar-refractivity contribution in [2.45, 2.75) is 58.2 Å². The van der Waals surface area contributed by atoms with Gasteiger partial charge in [-0.15, -0.1) is 0 Å². The van der Waals surface area contributed by atoms with E-state index in [1.807, 2.05) is 6.07 Å². The highest BCUT2D eigenvalue weighted by Gasteiger charge is 2.51. The third-order valence-electron chi connectivity index (χ3n) is 4.12. The Morgan fingerprint density at radius 1 is 0.806 bits per heavy atom. The standard InChI is InChI=1S/C22H24O9/c1-13(23)27-12-19-21(29-15(3)25)22(30-16(4)26)20(28-14(2)24)18(31-19)11-10-17-8-6-5-7-9-17/h5-9,18-22H,12H2,1-4H3/t18-,19-,20+,21-,22-/m1/s1. The van der Waals surface area contributed by atoms with E-state index in [2.05, 4.69) is 11.8 Å². The Bertz CT molecular complexity index is 868. The average Bonchev–Trinajstić information content (AvgIpc) is 2.68. The van der Waals surface area contributed by atoms with E-state index in [9.17, 15) is 19.2 Å². The van der Waals surface area contributed by atoms with Crippen molar-refractivity contribution < 1.29 is 42.9 Å². The summed E-state index contributed by atoms with van der Waals surface area (Å²) in [6.45, 7) is 4.42. The molecule has 0 bridgehead atoms. The SMILES string of the molecule is CC(=O)OC[C@H]1O[C@H](C#Cc2ccccc2)[C@H](OC(C)=O)[C@@H](OC(C)=O)[C@@H]1OC(C)=O. The molecule has 0 N–H and O–H groups in total. The molecule has 1 heterocycles. The van der Waals surface area contributed by atoms with Crippen molar-refractivity contribution in [2.75, 3.05) is 6.61 Å². The molecule has 1 aromatic carbocycles. The predicted molar refractivity (Wildman–Crippen MR) is 105 cm³/mol. The van der Waals surface area contributed by atoms with Crippen molar-refractivity contribution in [3.63, 3.8) is 0 Å². The van der Waals surface area contributed by atoms with Gasteiger partial charge in [-0.25, -0.2) is 0 Å². The molecule has 0 amide bonds. The van der Waals surface area contributed by atoms with Gasteiger partial charge in [0.2, 0.25) is 0 Å². The second-order valence-corrected chi connectivity index (χ2v) is 6.76. The molecular formula is C22H24O9. The first-order valence-corrected chi connectivity index (χ1v) is 9.54. The van der Waals surface area contributed by atoms with Gasteiger partial charge in [-0.3, -0.25) is 19.2 Å². The van der Waals surface area contributed by atoms with Crippen LogP contribution in [0.5, 0.6) is 0 Å². The van der Waals surface area contributed by atoms with Crippen molar-refractivity contribution in [1.82, 2.24) is 0 Å². The zero-order chi connectivity index (χ0) is 23.0. The molecule has 31 heavy (non-hydrogen) atoms. The minimum atomic E-state index is -1.23. The van der Waals surface area contributed by atoms with Crippen LogP contribution in [0.4, 0.5) is 0 Å². The smallest absolute Gasteiger partial charge is 0.303 e. The molecule has 1 aliphatic rings. The van der Waals surface area contributed by atoms with Crippen molar-refractivity contribution in [3.05, 3.63) is 35.9 Å². The highest BCUT2D eigenvalue weighted by Crippen LogP contribution is 2.29. The topological polar surface area (TPSA) is 114 Å². The normalized spacial score (nSPS) is 24.7. The number of ether oxygens (including phenoxy) is 5. The molecule has 9 nitrogen and oxygen atoms in total. The van der Waals surface area contributed by atoms with E-state index >= 15 is 0 Å². The van der Waals surface area contributed by atoms with Crippen LogP contribution in [-0.4, -0.2) is 61.0 Å². The summed E-state index contributed by atoms with van der Waals surface area (Å²) < 4.78 is 26.9. The fraction of sp³-hybridized carbons (Fsp3) is 0.455.